The van der Waals surface area contributed by atoms with Gasteiger partial charge < -0.3 is 9.47 Å². The van der Waals surface area contributed by atoms with Gasteiger partial charge in [0.25, 0.3) is 0 Å². The Balaban J connectivity index is 2.57. The van der Waals surface area contributed by atoms with Gasteiger partial charge in [-0.3, -0.25) is 0 Å². The monoisotopic (exact) mass is 256 g/mol. The highest BCUT2D eigenvalue weighted by Gasteiger charge is 2.17. The van der Waals surface area contributed by atoms with Gasteiger partial charge in [-0.15, -0.1) is 0 Å². The summed E-state index contributed by atoms with van der Waals surface area (Å²) in [5, 5.41) is 0. The van der Waals surface area contributed by atoms with Crippen LogP contribution in [0.3, 0.4) is 0 Å². The van der Waals surface area contributed by atoms with Crippen LogP contribution in [-0.2, 0) is 0 Å². The van der Waals surface area contributed by atoms with Gasteiger partial charge in [0, 0.05) is 16.5 Å². The van der Waals surface area contributed by atoms with Crippen molar-refractivity contribution in [1.29, 1.82) is 0 Å². The van der Waals surface area contributed by atoms with E-state index < -0.39 is 0 Å². The minimum absolute atomic E-state index is 0.740. The number of rotatable bonds is 0. The van der Waals surface area contributed by atoms with Crippen LogP contribution in [0.5, 0.6) is 11.5 Å². The molecule has 0 atom stereocenters. The van der Waals surface area contributed by atoms with E-state index >= 15 is 0 Å². The fraction of sp³-hybridized carbons (Fsp3) is 0.455. The van der Waals surface area contributed by atoms with E-state index in [2.05, 4.69) is 22.0 Å². The molecule has 76 valence electrons. The Kier molecular flexibility index (Phi) is 2.68. The second-order valence-corrected chi connectivity index (χ2v) is 4.36. The first-order valence-electron chi connectivity index (χ1n) is 4.75. The van der Waals surface area contributed by atoms with Crippen LogP contribution in [0, 0.1) is 13.8 Å². The summed E-state index contributed by atoms with van der Waals surface area (Å²) in [6.07, 6.45) is 0.950. The molecule has 0 N–H and O–H groups in total. The molecule has 1 heterocycles. The molecule has 1 aromatic rings. The summed E-state index contributed by atoms with van der Waals surface area (Å²) in [4.78, 5) is 0. The van der Waals surface area contributed by atoms with Crippen LogP contribution in [0.25, 0.3) is 0 Å². The molecular formula is C11H13BrO2. The molecule has 1 aliphatic heterocycles. The first-order chi connectivity index (χ1) is 6.70. The van der Waals surface area contributed by atoms with Gasteiger partial charge in [0.05, 0.1) is 13.2 Å². The largest absolute Gasteiger partial charge is 0.489 e. The van der Waals surface area contributed by atoms with Gasteiger partial charge in [-0.1, -0.05) is 15.9 Å². The molecule has 0 spiro atoms. The summed E-state index contributed by atoms with van der Waals surface area (Å²) >= 11 is 3.52. The molecule has 0 amide bonds. The predicted octanol–water partition coefficient (Wildman–Crippen LogP) is 3.23. The van der Waals surface area contributed by atoms with E-state index in [0.29, 0.717) is 0 Å². The summed E-state index contributed by atoms with van der Waals surface area (Å²) in [5.74, 6) is 1.80. The fourth-order valence-electron chi connectivity index (χ4n) is 1.58. The SMILES string of the molecule is Cc1cc(Br)c(C)c2c1OCCCO2. The van der Waals surface area contributed by atoms with E-state index in [-0.39, 0.29) is 0 Å². The maximum Gasteiger partial charge on any atom is 0.165 e. The quantitative estimate of drug-likeness (QED) is 0.710. The van der Waals surface area contributed by atoms with Crippen molar-refractivity contribution in [3.63, 3.8) is 0 Å². The average Bonchev–Trinajstić information content (AvgIpc) is 2.39. The second-order valence-electron chi connectivity index (χ2n) is 3.51. The normalized spacial score (nSPS) is 15.1. The average molecular weight is 257 g/mol. The third-order valence-electron chi connectivity index (χ3n) is 2.39. The number of benzene rings is 1. The Bertz CT molecular complexity index is 361. The minimum atomic E-state index is 0.740. The van der Waals surface area contributed by atoms with E-state index in [1.807, 2.05) is 13.8 Å². The maximum absolute atomic E-state index is 5.69. The summed E-state index contributed by atoms with van der Waals surface area (Å²) in [5.41, 5.74) is 2.24. The fourth-order valence-corrected chi connectivity index (χ4v) is 2.11. The molecule has 0 saturated heterocycles. The van der Waals surface area contributed by atoms with Crippen molar-refractivity contribution in [3.8, 4) is 11.5 Å². The molecule has 2 nitrogen and oxygen atoms in total. The van der Waals surface area contributed by atoms with Crippen molar-refractivity contribution >= 4 is 15.9 Å². The maximum atomic E-state index is 5.69. The lowest BCUT2D eigenvalue weighted by Gasteiger charge is -2.13. The van der Waals surface area contributed by atoms with Crippen LogP contribution in [0.4, 0.5) is 0 Å². The number of hydrogen-bond donors (Lipinski definition) is 0. The Morgan fingerprint density at radius 1 is 1.14 bits per heavy atom. The number of aryl methyl sites for hydroxylation is 1. The molecular weight excluding hydrogens is 244 g/mol. The van der Waals surface area contributed by atoms with E-state index in [9.17, 15) is 0 Å². The van der Waals surface area contributed by atoms with Gasteiger partial charge >= 0.3 is 0 Å². The van der Waals surface area contributed by atoms with Gasteiger partial charge in [0.15, 0.2) is 11.5 Å². The van der Waals surface area contributed by atoms with Crippen molar-refractivity contribution < 1.29 is 9.47 Å². The van der Waals surface area contributed by atoms with Gasteiger partial charge in [-0.2, -0.15) is 0 Å². The molecule has 0 aromatic heterocycles. The topological polar surface area (TPSA) is 18.5 Å². The zero-order valence-electron chi connectivity index (χ0n) is 8.39. The second kappa shape index (κ2) is 3.81. The molecule has 0 fully saturated rings. The van der Waals surface area contributed by atoms with Crippen LogP contribution < -0.4 is 9.47 Å². The molecule has 0 saturated carbocycles. The lowest BCUT2D eigenvalue weighted by Crippen LogP contribution is -1.98. The Hall–Kier alpha value is -0.700. The molecule has 1 aliphatic rings. The molecule has 1 aromatic carbocycles. The summed E-state index contributed by atoms with van der Waals surface area (Å²) in [7, 11) is 0. The number of fused-ring (bicyclic) bond motifs is 1. The number of halogens is 1. The lowest BCUT2D eigenvalue weighted by atomic mass is 10.1. The molecule has 0 radical (unpaired) electrons. The highest BCUT2D eigenvalue weighted by Crippen LogP contribution is 2.39. The van der Waals surface area contributed by atoms with E-state index in [4.69, 9.17) is 9.47 Å². The number of hydrogen-bond acceptors (Lipinski definition) is 2. The van der Waals surface area contributed by atoms with Crippen LogP contribution in [-0.4, -0.2) is 13.2 Å². The molecule has 0 aliphatic carbocycles. The molecule has 14 heavy (non-hydrogen) atoms. The van der Waals surface area contributed by atoms with Gasteiger partial charge in [0.1, 0.15) is 0 Å². The smallest absolute Gasteiger partial charge is 0.165 e. The lowest BCUT2D eigenvalue weighted by molar-refractivity contribution is 0.296. The van der Waals surface area contributed by atoms with E-state index in [1.54, 1.807) is 0 Å². The molecule has 2 rings (SSSR count). The van der Waals surface area contributed by atoms with E-state index in [1.165, 1.54) is 0 Å². The highest BCUT2D eigenvalue weighted by atomic mass is 79.9. The predicted molar refractivity (Wildman–Crippen MR) is 59.2 cm³/mol. The van der Waals surface area contributed by atoms with Crippen LogP contribution in [0.1, 0.15) is 17.5 Å². The van der Waals surface area contributed by atoms with Gasteiger partial charge in [-0.25, -0.2) is 0 Å². The van der Waals surface area contributed by atoms with Gasteiger partial charge in [-0.05, 0) is 25.5 Å². The highest BCUT2D eigenvalue weighted by molar-refractivity contribution is 9.10. The Morgan fingerprint density at radius 3 is 2.50 bits per heavy atom. The molecule has 0 bridgehead atoms. The van der Waals surface area contributed by atoms with Gasteiger partial charge in [0.2, 0.25) is 0 Å². The minimum Gasteiger partial charge on any atom is -0.489 e. The van der Waals surface area contributed by atoms with Crippen molar-refractivity contribution in [2.75, 3.05) is 13.2 Å². The third-order valence-corrected chi connectivity index (χ3v) is 3.21. The van der Waals surface area contributed by atoms with E-state index in [0.717, 1.165) is 46.7 Å². The summed E-state index contributed by atoms with van der Waals surface area (Å²) in [6.45, 7) is 5.56. The Morgan fingerprint density at radius 2 is 1.79 bits per heavy atom. The summed E-state index contributed by atoms with van der Waals surface area (Å²) in [6, 6.07) is 2.07. The van der Waals surface area contributed by atoms with Crippen molar-refractivity contribution in [3.05, 3.63) is 21.7 Å². The number of ether oxygens (including phenoxy) is 2. The zero-order valence-corrected chi connectivity index (χ0v) is 9.98. The van der Waals surface area contributed by atoms with Crippen LogP contribution in [0.15, 0.2) is 10.5 Å². The Labute approximate surface area is 92.3 Å². The van der Waals surface area contributed by atoms with Crippen LogP contribution >= 0.6 is 15.9 Å². The first-order valence-corrected chi connectivity index (χ1v) is 5.54. The summed E-state index contributed by atoms with van der Waals surface area (Å²) < 4.78 is 12.4. The first kappa shape index (κ1) is 9.84. The molecule has 3 heteroatoms. The third kappa shape index (κ3) is 1.61. The van der Waals surface area contributed by atoms with Crippen molar-refractivity contribution in [1.82, 2.24) is 0 Å². The standard InChI is InChI=1S/C11H13BrO2/c1-7-6-9(12)8(2)11-10(7)13-4-3-5-14-11/h6H,3-5H2,1-2H3. The van der Waals surface area contributed by atoms with Crippen molar-refractivity contribution in [2.24, 2.45) is 0 Å². The van der Waals surface area contributed by atoms with Crippen LogP contribution in [0.2, 0.25) is 0 Å². The van der Waals surface area contributed by atoms with Crippen molar-refractivity contribution in [2.45, 2.75) is 20.3 Å². The zero-order chi connectivity index (χ0) is 10.1. The molecule has 0 unspecified atom stereocenters.